The summed E-state index contributed by atoms with van der Waals surface area (Å²) in [6, 6.07) is 9.73. The number of halogens is 2. The molecular formula is C21H17Cl2N9O2. The Kier molecular flexibility index (Phi) is 6.30. The van der Waals surface area contributed by atoms with Crippen LogP contribution in [-0.2, 0) is 4.79 Å². The van der Waals surface area contributed by atoms with E-state index in [1.54, 1.807) is 41.7 Å². The van der Waals surface area contributed by atoms with E-state index in [1.165, 1.54) is 18.5 Å². The number of aromatic hydroxyl groups is 1. The number of benzene rings is 1. The number of carbonyl (C=O) groups is 1. The highest BCUT2D eigenvalue weighted by atomic mass is 35.5. The maximum Gasteiger partial charge on any atom is 0.268 e. The van der Waals surface area contributed by atoms with Gasteiger partial charge in [-0.25, -0.2) is 4.98 Å². The third kappa shape index (κ3) is 4.60. The number of nitrogens with one attached hydrogen (secondary N) is 3. The standard InChI is InChI=1S/C21H17Cl2N9O2/c1-10-28-17(33)7-16-30-31-21(32(10)16)14-6-5-11(8-26-14)29-15(18(24)20(25)34)9-27-19-12(22)3-2-4-13(19)23/h2-9,24,27,29,33H,1H3,(H2,25,34)/b15-9+,24-18?. The van der Waals surface area contributed by atoms with E-state index in [9.17, 15) is 9.90 Å². The van der Waals surface area contributed by atoms with Crippen LogP contribution in [0.5, 0.6) is 5.88 Å². The number of aromatic nitrogens is 5. The van der Waals surface area contributed by atoms with Crippen LogP contribution in [0.15, 0.2) is 54.5 Å². The number of rotatable bonds is 7. The molecule has 0 saturated heterocycles. The van der Waals surface area contributed by atoms with Crippen molar-refractivity contribution in [2.45, 2.75) is 6.92 Å². The van der Waals surface area contributed by atoms with Gasteiger partial charge in [-0.3, -0.25) is 19.6 Å². The predicted octanol–water partition coefficient (Wildman–Crippen LogP) is 3.38. The number of anilines is 2. The number of pyridine rings is 1. The highest BCUT2D eigenvalue weighted by Crippen LogP contribution is 2.30. The number of para-hydroxylation sites is 1. The van der Waals surface area contributed by atoms with Crippen LogP contribution < -0.4 is 16.4 Å². The minimum atomic E-state index is -0.934. The molecule has 0 aliphatic rings. The summed E-state index contributed by atoms with van der Waals surface area (Å²) in [5.74, 6) is -0.165. The van der Waals surface area contributed by atoms with Gasteiger partial charge in [0.05, 0.1) is 33.3 Å². The first-order valence-corrected chi connectivity index (χ1v) is 10.4. The zero-order valence-corrected chi connectivity index (χ0v) is 19.1. The van der Waals surface area contributed by atoms with E-state index >= 15 is 0 Å². The lowest BCUT2D eigenvalue weighted by Gasteiger charge is -2.13. The van der Waals surface area contributed by atoms with Crippen molar-refractivity contribution < 1.29 is 9.90 Å². The van der Waals surface area contributed by atoms with Crippen molar-refractivity contribution >= 4 is 51.8 Å². The van der Waals surface area contributed by atoms with Gasteiger partial charge in [-0.2, -0.15) is 0 Å². The Balaban J connectivity index is 1.62. The summed E-state index contributed by atoms with van der Waals surface area (Å²) >= 11 is 12.3. The summed E-state index contributed by atoms with van der Waals surface area (Å²) in [5.41, 5.74) is 6.70. The maximum absolute atomic E-state index is 11.6. The number of nitrogens with zero attached hydrogens (tertiary/aromatic N) is 5. The number of aryl methyl sites for hydroxylation is 1. The molecule has 1 aromatic carbocycles. The van der Waals surface area contributed by atoms with Gasteiger partial charge in [-0.1, -0.05) is 29.3 Å². The quantitative estimate of drug-likeness (QED) is 0.242. The second-order valence-corrected chi connectivity index (χ2v) is 7.79. The first kappa shape index (κ1) is 23.0. The summed E-state index contributed by atoms with van der Waals surface area (Å²) in [6.07, 6.45) is 2.85. The van der Waals surface area contributed by atoms with Crippen LogP contribution in [0.4, 0.5) is 11.4 Å². The molecular weight excluding hydrogens is 481 g/mol. The van der Waals surface area contributed by atoms with E-state index in [-0.39, 0.29) is 11.6 Å². The van der Waals surface area contributed by atoms with Gasteiger partial charge in [-0.15, -0.1) is 10.2 Å². The predicted molar refractivity (Wildman–Crippen MR) is 129 cm³/mol. The number of hydrogen-bond donors (Lipinski definition) is 5. The first-order chi connectivity index (χ1) is 16.2. The van der Waals surface area contributed by atoms with Gasteiger partial charge in [0, 0.05) is 12.3 Å². The number of hydrogen-bond acceptors (Lipinski definition) is 9. The minimum absolute atomic E-state index is 0.0708. The van der Waals surface area contributed by atoms with Crippen molar-refractivity contribution in [1.82, 2.24) is 24.6 Å². The van der Waals surface area contributed by atoms with Gasteiger partial charge in [0.25, 0.3) is 5.91 Å². The molecule has 3 heterocycles. The average molecular weight is 498 g/mol. The smallest absolute Gasteiger partial charge is 0.268 e. The average Bonchev–Trinajstić information content (AvgIpc) is 3.22. The molecule has 172 valence electrons. The third-order valence-corrected chi connectivity index (χ3v) is 5.29. The Hall–Kier alpha value is -4.22. The van der Waals surface area contributed by atoms with E-state index in [2.05, 4.69) is 30.8 Å². The van der Waals surface area contributed by atoms with Crippen LogP contribution in [0.2, 0.25) is 10.0 Å². The van der Waals surface area contributed by atoms with Gasteiger partial charge in [0.2, 0.25) is 5.88 Å². The normalized spacial score (nSPS) is 11.4. The minimum Gasteiger partial charge on any atom is -0.493 e. The lowest BCUT2D eigenvalue weighted by Crippen LogP contribution is -2.27. The number of fused-ring (bicyclic) bond motifs is 1. The Morgan fingerprint density at radius 1 is 1.21 bits per heavy atom. The van der Waals surface area contributed by atoms with Crippen LogP contribution in [0.25, 0.3) is 17.2 Å². The summed E-state index contributed by atoms with van der Waals surface area (Å²) < 4.78 is 1.65. The van der Waals surface area contributed by atoms with Crippen molar-refractivity contribution in [3.05, 3.63) is 70.4 Å². The van der Waals surface area contributed by atoms with E-state index in [4.69, 9.17) is 34.3 Å². The molecule has 1 amide bonds. The molecule has 4 rings (SSSR count). The monoisotopic (exact) mass is 497 g/mol. The molecule has 0 bridgehead atoms. The molecule has 0 fully saturated rings. The molecule has 3 aromatic heterocycles. The number of amides is 1. The van der Waals surface area contributed by atoms with Gasteiger partial charge in [-0.05, 0) is 31.2 Å². The molecule has 0 saturated carbocycles. The molecule has 0 spiro atoms. The zero-order chi connectivity index (χ0) is 24.4. The van der Waals surface area contributed by atoms with Crippen molar-refractivity contribution in [2.75, 3.05) is 10.6 Å². The topological polar surface area (TPSA) is 167 Å². The van der Waals surface area contributed by atoms with Crippen LogP contribution in [-0.4, -0.2) is 41.3 Å². The molecule has 13 heteroatoms. The number of primary amides is 1. The lowest BCUT2D eigenvalue weighted by molar-refractivity contribution is -0.112. The molecule has 0 radical (unpaired) electrons. The van der Waals surface area contributed by atoms with Crippen molar-refractivity contribution in [3.63, 3.8) is 0 Å². The van der Waals surface area contributed by atoms with Crippen molar-refractivity contribution in [1.29, 1.82) is 5.41 Å². The summed E-state index contributed by atoms with van der Waals surface area (Å²) in [6.45, 7) is 1.71. The number of carbonyl (C=O) groups excluding carboxylic acids is 1. The van der Waals surface area contributed by atoms with Crippen LogP contribution in [0.3, 0.4) is 0 Å². The fourth-order valence-corrected chi connectivity index (χ4v) is 3.58. The molecule has 0 unspecified atom stereocenters. The molecule has 0 aliphatic heterocycles. The molecule has 6 N–H and O–H groups in total. The molecule has 11 nitrogen and oxygen atoms in total. The molecule has 4 aromatic rings. The molecule has 0 atom stereocenters. The molecule has 0 aliphatic carbocycles. The molecule has 34 heavy (non-hydrogen) atoms. The Labute approximate surface area is 202 Å². The van der Waals surface area contributed by atoms with Crippen LogP contribution in [0, 0.1) is 12.3 Å². The fraction of sp³-hybridized carbons (Fsp3) is 0.0476. The highest BCUT2D eigenvalue weighted by Gasteiger charge is 2.15. The van der Waals surface area contributed by atoms with E-state index in [0.717, 1.165) is 0 Å². The van der Waals surface area contributed by atoms with Gasteiger partial charge < -0.3 is 21.5 Å². The SMILES string of the molecule is Cc1nc(O)cc2nnc(-c3ccc(N/C(=C/Nc4c(Cl)cccc4Cl)C(=N)C(N)=O)cn3)n12. The zero-order valence-electron chi connectivity index (χ0n) is 17.5. The van der Waals surface area contributed by atoms with Gasteiger partial charge in [0.1, 0.15) is 17.2 Å². The first-order valence-electron chi connectivity index (χ1n) is 9.69. The summed E-state index contributed by atoms with van der Waals surface area (Å²) in [7, 11) is 0. The maximum atomic E-state index is 11.6. The van der Waals surface area contributed by atoms with Crippen molar-refractivity contribution in [3.8, 4) is 17.4 Å². The largest absolute Gasteiger partial charge is 0.493 e. The van der Waals surface area contributed by atoms with E-state index < -0.39 is 11.6 Å². The van der Waals surface area contributed by atoms with Gasteiger partial charge >= 0.3 is 0 Å². The Bertz CT molecular complexity index is 1430. The number of nitrogens with two attached hydrogens (primary N) is 1. The summed E-state index contributed by atoms with van der Waals surface area (Å²) in [5, 5.41) is 32.4. The van der Waals surface area contributed by atoms with Gasteiger partial charge in [0.15, 0.2) is 11.5 Å². The van der Waals surface area contributed by atoms with Crippen LogP contribution in [0.1, 0.15) is 5.82 Å². The summed E-state index contributed by atoms with van der Waals surface area (Å²) in [4.78, 5) is 20.0. The van der Waals surface area contributed by atoms with Crippen LogP contribution >= 0.6 is 23.2 Å². The second-order valence-electron chi connectivity index (χ2n) is 6.97. The second kappa shape index (κ2) is 9.33. The Morgan fingerprint density at radius 2 is 1.94 bits per heavy atom. The van der Waals surface area contributed by atoms with E-state index in [1.807, 2.05) is 0 Å². The van der Waals surface area contributed by atoms with E-state index in [0.29, 0.717) is 44.4 Å². The Morgan fingerprint density at radius 3 is 2.59 bits per heavy atom. The highest BCUT2D eigenvalue weighted by molar-refractivity contribution is 6.44. The third-order valence-electron chi connectivity index (χ3n) is 4.66. The fourth-order valence-electron chi connectivity index (χ4n) is 3.08. The van der Waals surface area contributed by atoms with Crippen molar-refractivity contribution in [2.24, 2.45) is 5.73 Å². The lowest BCUT2D eigenvalue weighted by atomic mass is 10.2.